The first-order valence-corrected chi connectivity index (χ1v) is 7.02. The summed E-state index contributed by atoms with van der Waals surface area (Å²) in [4.78, 5) is 16.3. The second kappa shape index (κ2) is 7.39. The minimum Gasteiger partial charge on any atom is -0.337 e. The first-order chi connectivity index (χ1) is 9.32. The van der Waals surface area contributed by atoms with Crippen LogP contribution in [0, 0.1) is 18.7 Å². The largest absolute Gasteiger partial charge is 0.337 e. The maximum Gasteiger partial charge on any atom is 0.256 e. The van der Waals surface area contributed by atoms with Crippen molar-refractivity contribution in [2.45, 2.75) is 20.8 Å². The highest BCUT2D eigenvalue weighted by Crippen LogP contribution is 2.15. The topological polar surface area (TPSA) is 23.6 Å². The van der Waals surface area contributed by atoms with Crippen LogP contribution in [0.15, 0.2) is 18.2 Å². The number of hydrogen-bond donors (Lipinski definition) is 0. The van der Waals surface area contributed by atoms with E-state index >= 15 is 0 Å². The third-order valence-corrected chi connectivity index (χ3v) is 3.11. The zero-order valence-corrected chi connectivity index (χ0v) is 13.1. The van der Waals surface area contributed by atoms with Crippen molar-refractivity contribution in [3.8, 4) is 0 Å². The molecule has 20 heavy (non-hydrogen) atoms. The minimum atomic E-state index is -0.406. The van der Waals surface area contributed by atoms with Gasteiger partial charge in [-0.15, -0.1) is 0 Å². The summed E-state index contributed by atoms with van der Waals surface area (Å²) in [5.41, 5.74) is 0.678. The van der Waals surface area contributed by atoms with Crippen molar-refractivity contribution in [1.82, 2.24) is 9.80 Å². The summed E-state index contributed by atoms with van der Waals surface area (Å²) in [6, 6.07) is 4.97. The fourth-order valence-electron chi connectivity index (χ4n) is 2.02. The van der Waals surface area contributed by atoms with Gasteiger partial charge in [0.25, 0.3) is 5.91 Å². The van der Waals surface area contributed by atoms with Gasteiger partial charge in [0.05, 0.1) is 5.56 Å². The number of halogens is 1. The van der Waals surface area contributed by atoms with E-state index in [0.29, 0.717) is 24.6 Å². The van der Waals surface area contributed by atoms with E-state index in [0.717, 1.165) is 6.54 Å². The number of carbonyl (C=O) groups is 1. The summed E-state index contributed by atoms with van der Waals surface area (Å²) >= 11 is 0. The van der Waals surface area contributed by atoms with Crippen LogP contribution in [0.2, 0.25) is 0 Å². The van der Waals surface area contributed by atoms with Crippen molar-refractivity contribution < 1.29 is 9.18 Å². The van der Waals surface area contributed by atoms with Crippen LogP contribution in [-0.4, -0.2) is 49.4 Å². The van der Waals surface area contributed by atoms with Crippen molar-refractivity contribution in [3.05, 3.63) is 35.1 Å². The van der Waals surface area contributed by atoms with E-state index in [1.165, 1.54) is 0 Å². The Morgan fingerprint density at radius 3 is 2.45 bits per heavy atom. The van der Waals surface area contributed by atoms with E-state index in [2.05, 4.69) is 13.8 Å². The van der Waals surface area contributed by atoms with Gasteiger partial charge in [-0.25, -0.2) is 4.39 Å². The highest BCUT2D eigenvalue weighted by Gasteiger charge is 2.20. The summed E-state index contributed by atoms with van der Waals surface area (Å²) in [6.07, 6.45) is 0. The van der Waals surface area contributed by atoms with Crippen LogP contribution in [0.4, 0.5) is 4.39 Å². The van der Waals surface area contributed by atoms with Crippen LogP contribution in [-0.2, 0) is 0 Å². The summed E-state index contributed by atoms with van der Waals surface area (Å²) in [6.45, 7) is 7.81. The smallest absolute Gasteiger partial charge is 0.256 e. The third-order valence-electron chi connectivity index (χ3n) is 3.11. The van der Waals surface area contributed by atoms with Crippen LogP contribution >= 0.6 is 0 Å². The number of nitrogens with zero attached hydrogens (tertiary/aromatic N) is 2. The van der Waals surface area contributed by atoms with Gasteiger partial charge >= 0.3 is 0 Å². The van der Waals surface area contributed by atoms with Crippen LogP contribution in [0.25, 0.3) is 0 Å². The van der Waals surface area contributed by atoms with Crippen molar-refractivity contribution in [1.29, 1.82) is 0 Å². The van der Waals surface area contributed by atoms with Gasteiger partial charge in [0, 0.05) is 19.6 Å². The molecule has 1 amide bonds. The summed E-state index contributed by atoms with van der Waals surface area (Å²) in [5, 5.41) is 0. The Morgan fingerprint density at radius 1 is 1.25 bits per heavy atom. The van der Waals surface area contributed by atoms with E-state index < -0.39 is 5.82 Å². The molecule has 1 aromatic carbocycles. The molecule has 0 atom stereocenters. The van der Waals surface area contributed by atoms with Crippen molar-refractivity contribution in [3.63, 3.8) is 0 Å². The average molecular weight is 280 g/mol. The Labute approximate surface area is 121 Å². The lowest BCUT2D eigenvalue weighted by Crippen LogP contribution is -2.39. The summed E-state index contributed by atoms with van der Waals surface area (Å²) in [5.74, 6) is -0.271. The van der Waals surface area contributed by atoms with Gasteiger partial charge < -0.3 is 9.80 Å². The molecule has 112 valence electrons. The zero-order chi connectivity index (χ0) is 15.3. The number of rotatable bonds is 6. The first-order valence-electron chi connectivity index (χ1n) is 7.02. The number of carbonyl (C=O) groups excluding carboxylic acids is 1. The molecule has 1 rings (SSSR count). The molecule has 4 heteroatoms. The highest BCUT2D eigenvalue weighted by atomic mass is 19.1. The SMILES string of the molecule is Cc1cccc(C(=O)N(CCN(C)C)CC(C)C)c1F. The predicted molar refractivity (Wildman–Crippen MR) is 80.4 cm³/mol. The first kappa shape index (κ1) is 16.6. The maximum atomic E-state index is 14.1. The number of hydrogen-bond acceptors (Lipinski definition) is 2. The second-order valence-corrected chi connectivity index (χ2v) is 5.88. The van der Waals surface area contributed by atoms with E-state index in [9.17, 15) is 9.18 Å². The van der Waals surface area contributed by atoms with Gasteiger partial charge in [0.2, 0.25) is 0 Å². The molecule has 0 unspecified atom stereocenters. The Hall–Kier alpha value is -1.42. The molecule has 0 bridgehead atoms. The van der Waals surface area contributed by atoms with Crippen molar-refractivity contribution >= 4 is 5.91 Å². The molecule has 0 saturated carbocycles. The van der Waals surface area contributed by atoms with Gasteiger partial charge in [-0.05, 0) is 38.6 Å². The molecule has 0 radical (unpaired) electrons. The quantitative estimate of drug-likeness (QED) is 0.800. The molecule has 0 aliphatic rings. The van der Waals surface area contributed by atoms with Gasteiger partial charge in [0.15, 0.2) is 0 Å². The normalized spacial score (nSPS) is 11.2. The van der Waals surface area contributed by atoms with Gasteiger partial charge in [-0.2, -0.15) is 0 Å². The fourth-order valence-corrected chi connectivity index (χ4v) is 2.02. The van der Waals surface area contributed by atoms with Crippen molar-refractivity contribution in [2.75, 3.05) is 33.7 Å². The summed E-state index contributed by atoms with van der Waals surface area (Å²) in [7, 11) is 3.93. The minimum absolute atomic E-state index is 0.171. The Kier molecular flexibility index (Phi) is 6.14. The van der Waals surface area contributed by atoms with Crippen molar-refractivity contribution in [2.24, 2.45) is 5.92 Å². The Bertz CT molecular complexity index is 458. The molecular formula is C16H25FN2O. The molecule has 0 aliphatic carbocycles. The molecule has 0 spiro atoms. The van der Waals surface area contributed by atoms with E-state index in [-0.39, 0.29) is 11.5 Å². The number of benzene rings is 1. The molecule has 0 aliphatic heterocycles. The molecule has 0 aromatic heterocycles. The highest BCUT2D eigenvalue weighted by molar-refractivity contribution is 5.94. The molecule has 0 heterocycles. The molecule has 3 nitrogen and oxygen atoms in total. The van der Waals surface area contributed by atoms with Crippen LogP contribution in [0.1, 0.15) is 29.8 Å². The molecular weight excluding hydrogens is 255 g/mol. The van der Waals surface area contributed by atoms with Crippen LogP contribution in [0.3, 0.4) is 0 Å². The van der Waals surface area contributed by atoms with Gasteiger partial charge in [-0.3, -0.25) is 4.79 Å². The second-order valence-electron chi connectivity index (χ2n) is 5.88. The molecule has 0 fully saturated rings. The van der Waals surface area contributed by atoms with E-state index in [4.69, 9.17) is 0 Å². The van der Waals surface area contributed by atoms with Gasteiger partial charge in [0.1, 0.15) is 5.82 Å². The fraction of sp³-hybridized carbons (Fsp3) is 0.562. The van der Waals surface area contributed by atoms with Crippen LogP contribution < -0.4 is 0 Å². The van der Waals surface area contributed by atoms with Crippen LogP contribution in [0.5, 0.6) is 0 Å². The Morgan fingerprint density at radius 2 is 1.90 bits per heavy atom. The molecule has 1 aromatic rings. The molecule has 0 N–H and O–H groups in total. The molecule has 0 saturated heterocycles. The van der Waals surface area contributed by atoms with E-state index in [1.807, 2.05) is 19.0 Å². The zero-order valence-electron chi connectivity index (χ0n) is 13.1. The lowest BCUT2D eigenvalue weighted by atomic mass is 10.1. The number of likely N-dealkylation sites (N-methyl/N-ethyl adjacent to an activating group) is 1. The number of amides is 1. The number of aryl methyl sites for hydroxylation is 1. The maximum absolute atomic E-state index is 14.1. The van der Waals surface area contributed by atoms with Gasteiger partial charge in [-0.1, -0.05) is 26.0 Å². The van der Waals surface area contributed by atoms with E-state index in [1.54, 1.807) is 30.0 Å². The lowest BCUT2D eigenvalue weighted by molar-refractivity contribution is 0.0719. The average Bonchev–Trinajstić information content (AvgIpc) is 2.36. The monoisotopic (exact) mass is 280 g/mol. The predicted octanol–water partition coefficient (Wildman–Crippen LogP) is 2.79. The lowest BCUT2D eigenvalue weighted by Gasteiger charge is -2.26. The standard InChI is InChI=1S/C16H25FN2O/c1-12(2)11-19(10-9-18(4)5)16(20)14-8-6-7-13(3)15(14)17/h6-8,12H,9-11H2,1-5H3. The third kappa shape index (κ3) is 4.60. The Balaban J connectivity index is 2.94. The summed E-state index contributed by atoms with van der Waals surface area (Å²) < 4.78 is 14.1.